The van der Waals surface area contributed by atoms with Crippen molar-refractivity contribution in [3.8, 4) is 0 Å². The van der Waals surface area contributed by atoms with E-state index in [0.717, 1.165) is 0 Å². The van der Waals surface area contributed by atoms with E-state index in [1.54, 1.807) is 69.3 Å². The standard InChI is InChI=1S/C26H31Cl2NO6S/c1-5-20(15-36(33,34)26(2,3)4)29-23(16-9-11-18(27)12-10-16)24(17-7-6-8-19(28)13-17)35-21(25(29)32)14-22(30)31/h6-13,20-21,23-24H,5,14-15H2,1-4H3,(H,30,31)/t20-,21+,23+,24+/m0/s1. The minimum Gasteiger partial charge on any atom is -0.481 e. The molecule has 7 nitrogen and oxygen atoms in total. The fourth-order valence-electron chi connectivity index (χ4n) is 4.30. The average Bonchev–Trinajstić information content (AvgIpc) is 2.78. The Morgan fingerprint density at radius 2 is 1.72 bits per heavy atom. The molecule has 36 heavy (non-hydrogen) atoms. The summed E-state index contributed by atoms with van der Waals surface area (Å²) in [6.07, 6.45) is -2.30. The maximum Gasteiger partial charge on any atom is 0.306 e. The van der Waals surface area contributed by atoms with Crippen molar-refractivity contribution in [1.82, 2.24) is 4.90 Å². The van der Waals surface area contributed by atoms with Gasteiger partial charge in [0.2, 0.25) is 0 Å². The number of aliphatic carboxylic acids is 1. The molecule has 1 saturated heterocycles. The van der Waals surface area contributed by atoms with Crippen molar-refractivity contribution in [2.45, 2.75) is 69.6 Å². The second-order valence-corrected chi connectivity index (χ2v) is 13.6. The maximum atomic E-state index is 13.8. The second-order valence-electron chi connectivity index (χ2n) is 9.90. The van der Waals surface area contributed by atoms with Crippen LogP contribution in [0.1, 0.15) is 63.8 Å². The Morgan fingerprint density at radius 3 is 2.25 bits per heavy atom. The minimum absolute atomic E-state index is 0.273. The number of sulfone groups is 1. The Balaban J connectivity index is 2.21. The molecule has 2 aromatic carbocycles. The third-order valence-electron chi connectivity index (χ3n) is 6.39. The highest BCUT2D eigenvalue weighted by molar-refractivity contribution is 7.92. The van der Waals surface area contributed by atoms with Gasteiger partial charge in [-0.3, -0.25) is 9.59 Å². The molecule has 4 atom stereocenters. The van der Waals surface area contributed by atoms with E-state index in [1.807, 2.05) is 6.92 Å². The lowest BCUT2D eigenvalue weighted by Crippen LogP contribution is -2.57. The molecule has 3 rings (SSSR count). The van der Waals surface area contributed by atoms with Crippen LogP contribution in [0.4, 0.5) is 0 Å². The minimum atomic E-state index is -3.62. The third kappa shape index (κ3) is 6.22. The van der Waals surface area contributed by atoms with Gasteiger partial charge in [-0.1, -0.05) is 54.4 Å². The second kappa shape index (κ2) is 11.1. The van der Waals surface area contributed by atoms with Crippen molar-refractivity contribution in [3.63, 3.8) is 0 Å². The van der Waals surface area contributed by atoms with E-state index in [9.17, 15) is 23.1 Å². The summed E-state index contributed by atoms with van der Waals surface area (Å²) in [6.45, 7) is 6.67. The zero-order valence-electron chi connectivity index (χ0n) is 20.6. The third-order valence-corrected chi connectivity index (χ3v) is 9.56. The number of ether oxygens (including phenoxy) is 1. The number of carboxylic acid groups (broad SMARTS) is 1. The Morgan fingerprint density at radius 1 is 1.08 bits per heavy atom. The summed E-state index contributed by atoms with van der Waals surface area (Å²) in [5.74, 6) is -2.03. The zero-order valence-corrected chi connectivity index (χ0v) is 23.0. The maximum absolute atomic E-state index is 13.8. The van der Waals surface area contributed by atoms with E-state index in [2.05, 4.69) is 0 Å². The number of carbonyl (C=O) groups is 2. The van der Waals surface area contributed by atoms with Crippen LogP contribution in [0, 0.1) is 0 Å². The molecule has 10 heteroatoms. The number of carbonyl (C=O) groups excluding carboxylic acids is 1. The monoisotopic (exact) mass is 555 g/mol. The van der Waals surface area contributed by atoms with E-state index in [4.69, 9.17) is 27.9 Å². The van der Waals surface area contributed by atoms with Crippen molar-refractivity contribution in [2.24, 2.45) is 0 Å². The Bertz CT molecular complexity index is 1210. The predicted molar refractivity (Wildman–Crippen MR) is 140 cm³/mol. The zero-order chi connectivity index (χ0) is 26.8. The first-order chi connectivity index (χ1) is 16.7. The number of amides is 1. The van der Waals surface area contributed by atoms with Gasteiger partial charge in [0.15, 0.2) is 9.84 Å². The van der Waals surface area contributed by atoms with Crippen LogP contribution in [-0.2, 0) is 24.2 Å². The summed E-state index contributed by atoms with van der Waals surface area (Å²) in [7, 11) is -3.62. The molecule has 1 N–H and O–H groups in total. The molecule has 1 fully saturated rings. The van der Waals surface area contributed by atoms with Crippen LogP contribution < -0.4 is 0 Å². The number of hydrogen-bond donors (Lipinski definition) is 1. The smallest absolute Gasteiger partial charge is 0.306 e. The van der Waals surface area contributed by atoms with Crippen molar-refractivity contribution in [1.29, 1.82) is 0 Å². The van der Waals surface area contributed by atoms with Crippen LogP contribution >= 0.6 is 23.2 Å². The first-order valence-electron chi connectivity index (χ1n) is 11.7. The highest BCUT2D eigenvalue weighted by Crippen LogP contribution is 2.45. The summed E-state index contributed by atoms with van der Waals surface area (Å²) in [6, 6.07) is 12.4. The molecule has 0 aliphatic carbocycles. The first-order valence-corrected chi connectivity index (χ1v) is 14.1. The lowest BCUT2D eigenvalue weighted by Gasteiger charge is -2.48. The molecular weight excluding hydrogens is 525 g/mol. The van der Waals surface area contributed by atoms with Gasteiger partial charge in [0.05, 0.1) is 23.0 Å². The Hall–Kier alpha value is -2.13. The summed E-state index contributed by atoms with van der Waals surface area (Å²) in [5.41, 5.74) is 1.32. The van der Waals surface area contributed by atoms with Crippen molar-refractivity contribution >= 4 is 44.9 Å². The highest BCUT2D eigenvalue weighted by Gasteiger charge is 2.48. The fraction of sp³-hybridized carbons (Fsp3) is 0.462. The normalized spacial score (nSPS) is 21.9. The van der Waals surface area contributed by atoms with Crippen LogP contribution in [0.5, 0.6) is 0 Å². The van der Waals surface area contributed by atoms with E-state index < -0.39 is 57.2 Å². The van der Waals surface area contributed by atoms with Crippen LogP contribution in [-0.4, -0.2) is 52.9 Å². The number of rotatable bonds is 8. The highest BCUT2D eigenvalue weighted by atomic mass is 35.5. The number of morpholine rings is 1. The van der Waals surface area contributed by atoms with Gasteiger partial charge in [0.25, 0.3) is 5.91 Å². The molecule has 0 spiro atoms. The van der Waals surface area contributed by atoms with Gasteiger partial charge >= 0.3 is 5.97 Å². The predicted octanol–water partition coefficient (Wildman–Crippen LogP) is 5.47. The van der Waals surface area contributed by atoms with Gasteiger partial charge in [0, 0.05) is 16.1 Å². The molecule has 1 aliphatic heterocycles. The summed E-state index contributed by atoms with van der Waals surface area (Å²) >= 11 is 12.4. The van der Waals surface area contributed by atoms with E-state index in [-0.39, 0.29) is 5.75 Å². The molecule has 0 aromatic heterocycles. The lowest BCUT2D eigenvalue weighted by atomic mass is 9.89. The van der Waals surface area contributed by atoms with Crippen molar-refractivity contribution < 1.29 is 27.9 Å². The Kier molecular flexibility index (Phi) is 8.76. The molecule has 0 unspecified atom stereocenters. The number of carboxylic acids is 1. The first kappa shape index (κ1) is 28.4. The quantitative estimate of drug-likeness (QED) is 0.463. The summed E-state index contributed by atoms with van der Waals surface area (Å²) in [5, 5.41) is 10.4. The fourth-order valence-corrected chi connectivity index (χ4v) is 6.03. The lowest BCUT2D eigenvalue weighted by molar-refractivity contribution is -0.182. The number of nitrogens with zero attached hydrogens (tertiary/aromatic N) is 1. The summed E-state index contributed by atoms with van der Waals surface area (Å²) < 4.78 is 31.6. The molecule has 0 radical (unpaired) electrons. The van der Waals surface area contributed by atoms with Crippen LogP contribution in [0.25, 0.3) is 0 Å². The summed E-state index contributed by atoms with van der Waals surface area (Å²) in [4.78, 5) is 26.9. The van der Waals surface area contributed by atoms with Gasteiger partial charge < -0.3 is 14.7 Å². The molecule has 196 valence electrons. The van der Waals surface area contributed by atoms with Gasteiger partial charge in [-0.05, 0) is 62.6 Å². The largest absolute Gasteiger partial charge is 0.481 e. The molecule has 1 heterocycles. The van der Waals surface area contributed by atoms with Crippen LogP contribution in [0.15, 0.2) is 48.5 Å². The number of benzene rings is 2. The van der Waals surface area contributed by atoms with Crippen LogP contribution in [0.2, 0.25) is 10.0 Å². The van der Waals surface area contributed by atoms with Gasteiger partial charge in [-0.25, -0.2) is 8.42 Å². The average molecular weight is 557 g/mol. The van der Waals surface area contributed by atoms with E-state index in [0.29, 0.717) is 27.6 Å². The van der Waals surface area contributed by atoms with Gasteiger partial charge in [-0.15, -0.1) is 0 Å². The SMILES string of the molecule is CC[C@@H](CS(=O)(=O)C(C)(C)C)N1C(=O)[C@@H](CC(=O)O)O[C@H](c2cccc(Cl)c2)[C@H]1c1ccc(Cl)cc1. The molecule has 2 aromatic rings. The van der Waals surface area contributed by atoms with Crippen molar-refractivity contribution in [2.75, 3.05) is 5.75 Å². The topological polar surface area (TPSA) is 101 Å². The molecule has 1 amide bonds. The molecule has 0 bridgehead atoms. The van der Waals surface area contributed by atoms with Crippen LogP contribution in [0.3, 0.4) is 0 Å². The van der Waals surface area contributed by atoms with Crippen molar-refractivity contribution in [3.05, 3.63) is 69.7 Å². The van der Waals surface area contributed by atoms with Gasteiger partial charge in [-0.2, -0.15) is 0 Å². The van der Waals surface area contributed by atoms with Gasteiger partial charge in [0.1, 0.15) is 12.2 Å². The Labute approximate surface area is 222 Å². The van der Waals surface area contributed by atoms with E-state index in [1.165, 1.54) is 4.90 Å². The molecule has 0 saturated carbocycles. The van der Waals surface area contributed by atoms with E-state index >= 15 is 0 Å². The number of hydrogen-bond acceptors (Lipinski definition) is 5. The molecular formula is C26H31Cl2NO6S. The number of halogens is 2. The molecule has 1 aliphatic rings.